The first kappa shape index (κ1) is 18.4. The van der Waals surface area contributed by atoms with E-state index in [-0.39, 0.29) is 17.8 Å². The lowest BCUT2D eigenvalue weighted by Gasteiger charge is -2.29. The summed E-state index contributed by atoms with van der Waals surface area (Å²) in [6, 6.07) is 27.1. The van der Waals surface area contributed by atoms with Crippen LogP contribution in [0.4, 0.5) is 5.69 Å². The molecule has 4 aromatic rings. The Labute approximate surface area is 180 Å². The van der Waals surface area contributed by atoms with Crippen molar-refractivity contribution in [2.45, 2.75) is 12.1 Å². The molecule has 1 aliphatic heterocycles. The highest BCUT2D eigenvalue weighted by atomic mass is 32.1. The van der Waals surface area contributed by atoms with Crippen LogP contribution in [-0.2, 0) is 0 Å². The van der Waals surface area contributed by atoms with E-state index in [4.69, 9.17) is 12.2 Å². The molecule has 2 atom stereocenters. The average Bonchev–Trinajstić information content (AvgIpc) is 3.40. The number of rotatable bonds is 4. The number of anilines is 1. The second-order valence-electron chi connectivity index (χ2n) is 7.12. The first-order chi connectivity index (χ1) is 14.7. The normalized spacial score (nSPS) is 18.4. The highest BCUT2D eigenvalue weighted by Gasteiger charge is 2.42. The molecule has 1 saturated heterocycles. The lowest BCUT2D eigenvalue weighted by atomic mass is 10.0. The van der Waals surface area contributed by atoms with Gasteiger partial charge in [0.25, 0.3) is 0 Å². The predicted octanol–water partition coefficient (Wildman–Crippen LogP) is 4.76. The Morgan fingerprint density at radius 2 is 1.63 bits per heavy atom. The summed E-state index contributed by atoms with van der Waals surface area (Å²) < 4.78 is 2.16. The molecule has 5 rings (SSSR count). The standard InChI is InChI=1S/C24H20N4OS/c29-21-14-5-4-12-19(21)28-23(22(26-24(28)30)18-11-6-7-15-25-18)20-13-8-16-27(20)17-9-2-1-3-10-17/h1-16,22-23,29H,(H,26,30)/t22-,23-/m0/s1. The molecule has 2 N–H and O–H groups in total. The van der Waals surface area contributed by atoms with Gasteiger partial charge in [0.15, 0.2) is 5.11 Å². The van der Waals surface area contributed by atoms with Crippen LogP contribution in [0.2, 0.25) is 0 Å². The summed E-state index contributed by atoms with van der Waals surface area (Å²) in [6.45, 7) is 0. The molecule has 0 amide bonds. The highest BCUT2D eigenvalue weighted by molar-refractivity contribution is 7.80. The van der Waals surface area contributed by atoms with Gasteiger partial charge in [-0.05, 0) is 60.7 Å². The van der Waals surface area contributed by atoms with Gasteiger partial charge in [0.2, 0.25) is 0 Å². The fourth-order valence-electron chi connectivity index (χ4n) is 4.04. The van der Waals surface area contributed by atoms with Crippen LogP contribution in [0.3, 0.4) is 0 Å². The molecule has 30 heavy (non-hydrogen) atoms. The van der Waals surface area contributed by atoms with E-state index in [1.165, 1.54) is 0 Å². The number of para-hydroxylation sites is 3. The molecule has 3 heterocycles. The predicted molar refractivity (Wildman–Crippen MR) is 122 cm³/mol. The largest absolute Gasteiger partial charge is 0.506 e. The van der Waals surface area contributed by atoms with Crippen molar-refractivity contribution in [1.82, 2.24) is 14.9 Å². The maximum Gasteiger partial charge on any atom is 0.174 e. The zero-order valence-corrected chi connectivity index (χ0v) is 16.9. The van der Waals surface area contributed by atoms with Gasteiger partial charge in [-0.25, -0.2) is 0 Å². The average molecular weight is 413 g/mol. The molecule has 1 fully saturated rings. The number of benzene rings is 2. The number of aromatic hydroxyl groups is 1. The summed E-state index contributed by atoms with van der Waals surface area (Å²) in [7, 11) is 0. The van der Waals surface area contributed by atoms with Crippen molar-refractivity contribution in [2.75, 3.05) is 4.90 Å². The summed E-state index contributed by atoms with van der Waals surface area (Å²) in [5.41, 5.74) is 3.67. The summed E-state index contributed by atoms with van der Waals surface area (Å²) >= 11 is 5.74. The Kier molecular flexibility index (Phi) is 4.69. The van der Waals surface area contributed by atoms with E-state index in [2.05, 4.69) is 33.1 Å². The van der Waals surface area contributed by atoms with Crippen LogP contribution in [0.25, 0.3) is 5.69 Å². The smallest absolute Gasteiger partial charge is 0.174 e. The minimum absolute atomic E-state index is 0.171. The van der Waals surface area contributed by atoms with E-state index in [0.717, 1.165) is 17.1 Å². The van der Waals surface area contributed by atoms with Gasteiger partial charge in [-0.1, -0.05) is 36.4 Å². The molecule has 0 aliphatic carbocycles. The number of nitrogens with one attached hydrogen (secondary N) is 1. The fraction of sp³-hybridized carbons (Fsp3) is 0.0833. The van der Waals surface area contributed by atoms with Gasteiger partial charge in [-0.15, -0.1) is 0 Å². The van der Waals surface area contributed by atoms with E-state index in [9.17, 15) is 5.11 Å². The van der Waals surface area contributed by atoms with Crippen LogP contribution in [0.15, 0.2) is 97.3 Å². The van der Waals surface area contributed by atoms with Crippen molar-refractivity contribution in [3.05, 3.63) is 109 Å². The number of phenolic OH excluding ortho intramolecular Hbond substituents is 1. The molecule has 0 spiro atoms. The minimum atomic E-state index is -0.198. The number of phenols is 1. The Morgan fingerprint density at radius 3 is 2.40 bits per heavy atom. The van der Waals surface area contributed by atoms with Crippen molar-refractivity contribution >= 4 is 23.0 Å². The lowest BCUT2D eigenvalue weighted by molar-refractivity contribution is 0.472. The van der Waals surface area contributed by atoms with E-state index in [1.54, 1.807) is 12.3 Å². The zero-order valence-electron chi connectivity index (χ0n) is 16.1. The van der Waals surface area contributed by atoms with Crippen LogP contribution in [0, 0.1) is 0 Å². The van der Waals surface area contributed by atoms with Gasteiger partial charge in [0.1, 0.15) is 11.8 Å². The molecule has 148 valence electrons. The van der Waals surface area contributed by atoms with Crippen molar-refractivity contribution in [1.29, 1.82) is 0 Å². The highest BCUT2D eigenvalue weighted by Crippen LogP contribution is 2.44. The van der Waals surface area contributed by atoms with Gasteiger partial charge in [0, 0.05) is 23.8 Å². The maximum absolute atomic E-state index is 10.6. The number of nitrogens with zero attached hydrogens (tertiary/aromatic N) is 3. The number of hydrogen-bond donors (Lipinski definition) is 2. The molecule has 6 heteroatoms. The molecule has 2 aromatic heterocycles. The molecular formula is C24H20N4OS. The van der Waals surface area contributed by atoms with Crippen LogP contribution >= 0.6 is 12.2 Å². The maximum atomic E-state index is 10.6. The van der Waals surface area contributed by atoms with E-state index >= 15 is 0 Å². The number of thiocarbonyl (C=S) groups is 1. The summed E-state index contributed by atoms with van der Waals surface area (Å²) in [6.07, 6.45) is 3.83. The first-order valence-corrected chi connectivity index (χ1v) is 10.2. The molecule has 0 bridgehead atoms. The molecule has 2 aromatic carbocycles. The molecule has 0 unspecified atom stereocenters. The van der Waals surface area contributed by atoms with Gasteiger partial charge in [-0.2, -0.15) is 0 Å². The van der Waals surface area contributed by atoms with Crippen LogP contribution in [0.5, 0.6) is 5.75 Å². The topological polar surface area (TPSA) is 53.3 Å². The summed E-state index contributed by atoms with van der Waals surface area (Å²) in [5.74, 6) is 0.186. The third-order valence-corrected chi connectivity index (χ3v) is 5.67. The Bertz CT molecular complexity index is 1180. The van der Waals surface area contributed by atoms with Gasteiger partial charge >= 0.3 is 0 Å². The zero-order chi connectivity index (χ0) is 20.5. The van der Waals surface area contributed by atoms with Crippen LogP contribution in [0.1, 0.15) is 23.5 Å². The van der Waals surface area contributed by atoms with Crippen molar-refractivity contribution < 1.29 is 5.11 Å². The monoisotopic (exact) mass is 412 g/mol. The van der Waals surface area contributed by atoms with Gasteiger partial charge in [0.05, 0.1) is 17.4 Å². The van der Waals surface area contributed by atoms with Crippen molar-refractivity contribution in [3.63, 3.8) is 0 Å². The molecule has 5 nitrogen and oxygen atoms in total. The Morgan fingerprint density at radius 1 is 0.867 bits per heavy atom. The summed E-state index contributed by atoms with van der Waals surface area (Å²) in [5, 5.41) is 14.6. The van der Waals surface area contributed by atoms with Crippen molar-refractivity contribution in [3.8, 4) is 11.4 Å². The summed E-state index contributed by atoms with van der Waals surface area (Å²) in [4.78, 5) is 6.57. The van der Waals surface area contributed by atoms with Crippen LogP contribution < -0.4 is 10.2 Å². The second kappa shape index (κ2) is 7.65. The van der Waals surface area contributed by atoms with Gasteiger partial charge in [-0.3, -0.25) is 4.98 Å². The Balaban J connectivity index is 1.69. The fourth-order valence-corrected chi connectivity index (χ4v) is 4.38. The number of pyridine rings is 1. The van der Waals surface area contributed by atoms with Gasteiger partial charge < -0.3 is 19.9 Å². The minimum Gasteiger partial charge on any atom is -0.506 e. The van der Waals surface area contributed by atoms with Crippen LogP contribution in [-0.4, -0.2) is 19.8 Å². The number of aromatic nitrogens is 2. The van der Waals surface area contributed by atoms with Crippen molar-refractivity contribution in [2.24, 2.45) is 0 Å². The Hall–Kier alpha value is -3.64. The SMILES string of the molecule is Oc1ccccc1N1C(=S)N[C@@H](c2ccccn2)[C@@H]1c1cccn1-c1ccccc1. The van der Waals surface area contributed by atoms with E-state index < -0.39 is 0 Å². The number of hydrogen-bond acceptors (Lipinski definition) is 3. The molecule has 1 aliphatic rings. The molecule has 0 radical (unpaired) electrons. The first-order valence-electron chi connectivity index (χ1n) is 9.75. The lowest BCUT2D eigenvalue weighted by Crippen LogP contribution is -2.30. The third kappa shape index (κ3) is 3.11. The van der Waals surface area contributed by atoms with E-state index in [0.29, 0.717) is 10.8 Å². The quantitative estimate of drug-likeness (QED) is 0.474. The third-order valence-electron chi connectivity index (χ3n) is 5.36. The van der Waals surface area contributed by atoms with E-state index in [1.807, 2.05) is 71.8 Å². The molecule has 0 saturated carbocycles. The second-order valence-corrected chi connectivity index (χ2v) is 7.51. The molecular weight excluding hydrogens is 392 g/mol.